The molecule has 3 atom stereocenters. The van der Waals surface area contributed by atoms with Gasteiger partial charge in [0.15, 0.2) is 0 Å². The van der Waals surface area contributed by atoms with Gasteiger partial charge in [0.25, 0.3) is 0 Å². The van der Waals surface area contributed by atoms with Crippen molar-refractivity contribution < 1.29 is 4.79 Å². The van der Waals surface area contributed by atoms with Crippen LogP contribution in [-0.4, -0.2) is 20.4 Å². The van der Waals surface area contributed by atoms with Crippen LogP contribution in [0.3, 0.4) is 0 Å². The van der Waals surface area contributed by atoms with Crippen molar-refractivity contribution in [2.75, 3.05) is 0 Å². The quantitative estimate of drug-likeness (QED) is 0.780. The van der Waals surface area contributed by atoms with Gasteiger partial charge < -0.3 is 9.88 Å². The van der Waals surface area contributed by atoms with E-state index in [2.05, 4.69) is 15.3 Å². The molecule has 1 unspecified atom stereocenters. The lowest BCUT2D eigenvalue weighted by Crippen LogP contribution is -2.30. The number of nitrogens with zero attached hydrogens (tertiary/aromatic N) is 3. The Morgan fingerprint density at radius 2 is 1.92 bits per heavy atom. The molecule has 1 amide bonds. The minimum absolute atomic E-state index is 0.0463. The van der Waals surface area contributed by atoms with Crippen LogP contribution in [0.2, 0.25) is 0 Å². The van der Waals surface area contributed by atoms with E-state index in [1.807, 2.05) is 60.2 Å². The van der Waals surface area contributed by atoms with Crippen LogP contribution in [0.15, 0.2) is 67.3 Å². The van der Waals surface area contributed by atoms with E-state index in [4.69, 9.17) is 0 Å². The van der Waals surface area contributed by atoms with E-state index in [1.165, 1.54) is 5.56 Å². The zero-order valence-electron chi connectivity index (χ0n) is 14.0. The van der Waals surface area contributed by atoms with Crippen LogP contribution in [0.5, 0.6) is 0 Å². The van der Waals surface area contributed by atoms with Gasteiger partial charge in [-0.3, -0.25) is 9.78 Å². The summed E-state index contributed by atoms with van der Waals surface area (Å²) in [7, 11) is 0. The maximum atomic E-state index is 12.6. The Kier molecular flexibility index (Phi) is 4.06. The van der Waals surface area contributed by atoms with Crippen LogP contribution in [-0.2, 0) is 4.79 Å². The number of nitrogens with one attached hydrogen (secondary N) is 1. The largest absolute Gasteiger partial charge is 0.346 e. The molecule has 2 aromatic heterocycles. The molecule has 0 bridgehead atoms. The number of pyridine rings is 1. The molecule has 4 rings (SSSR count). The predicted octanol–water partition coefficient (Wildman–Crippen LogP) is 3.25. The third-order valence-electron chi connectivity index (χ3n) is 4.71. The Morgan fingerprint density at radius 3 is 2.68 bits per heavy atom. The van der Waals surface area contributed by atoms with Crippen molar-refractivity contribution in [3.8, 4) is 5.69 Å². The van der Waals surface area contributed by atoms with E-state index in [0.717, 1.165) is 17.9 Å². The molecule has 1 aliphatic carbocycles. The van der Waals surface area contributed by atoms with E-state index in [9.17, 15) is 4.79 Å². The summed E-state index contributed by atoms with van der Waals surface area (Å²) in [6.07, 6.45) is 8.14. The summed E-state index contributed by atoms with van der Waals surface area (Å²) in [5, 5.41) is 3.12. The van der Waals surface area contributed by atoms with E-state index in [1.54, 1.807) is 18.6 Å². The summed E-state index contributed by atoms with van der Waals surface area (Å²) >= 11 is 0. The van der Waals surface area contributed by atoms with Crippen LogP contribution in [0.25, 0.3) is 5.69 Å². The molecule has 1 fully saturated rings. The first-order chi connectivity index (χ1) is 12.2. The van der Waals surface area contributed by atoms with Crippen LogP contribution in [0, 0.1) is 5.92 Å². The molecule has 25 heavy (non-hydrogen) atoms. The van der Waals surface area contributed by atoms with Crippen molar-refractivity contribution >= 4 is 5.91 Å². The molecule has 5 nitrogen and oxygen atoms in total. The van der Waals surface area contributed by atoms with Gasteiger partial charge in [0.2, 0.25) is 5.91 Å². The first kappa shape index (κ1) is 15.6. The average molecular weight is 332 g/mol. The molecule has 0 aliphatic heterocycles. The second kappa shape index (κ2) is 6.51. The molecule has 1 aromatic carbocycles. The van der Waals surface area contributed by atoms with Gasteiger partial charge >= 0.3 is 0 Å². The van der Waals surface area contributed by atoms with Crippen LogP contribution in [0.1, 0.15) is 36.7 Å². The Balaban J connectivity index is 1.44. The van der Waals surface area contributed by atoms with Gasteiger partial charge in [-0.15, -0.1) is 0 Å². The highest BCUT2D eigenvalue weighted by Crippen LogP contribution is 2.47. The molecule has 0 saturated heterocycles. The molecular formula is C20H20N4O. The number of benzene rings is 1. The molecule has 1 N–H and O–H groups in total. The van der Waals surface area contributed by atoms with Crippen LogP contribution < -0.4 is 5.32 Å². The lowest BCUT2D eigenvalue weighted by molar-refractivity contribution is -0.123. The highest BCUT2D eigenvalue weighted by molar-refractivity contribution is 5.83. The number of aromatic nitrogens is 3. The number of hydrogen-bond donors (Lipinski definition) is 1. The van der Waals surface area contributed by atoms with Crippen LogP contribution >= 0.6 is 0 Å². The third kappa shape index (κ3) is 3.18. The van der Waals surface area contributed by atoms with Crippen molar-refractivity contribution in [3.63, 3.8) is 0 Å². The van der Waals surface area contributed by atoms with Gasteiger partial charge in [0.1, 0.15) is 5.82 Å². The maximum absolute atomic E-state index is 12.6. The van der Waals surface area contributed by atoms with E-state index < -0.39 is 0 Å². The first-order valence-electron chi connectivity index (χ1n) is 8.53. The van der Waals surface area contributed by atoms with Gasteiger partial charge in [0.05, 0.1) is 6.04 Å². The van der Waals surface area contributed by atoms with Gasteiger partial charge in [-0.05, 0) is 49.1 Å². The summed E-state index contributed by atoms with van der Waals surface area (Å²) in [5.74, 6) is 1.28. The number of carbonyl (C=O) groups is 1. The highest BCUT2D eigenvalue weighted by Gasteiger charge is 2.44. The molecule has 1 aliphatic rings. The van der Waals surface area contributed by atoms with Gasteiger partial charge in [-0.25, -0.2) is 4.98 Å². The molecule has 2 heterocycles. The summed E-state index contributed by atoms with van der Waals surface area (Å²) in [5.41, 5.74) is 2.23. The summed E-state index contributed by atoms with van der Waals surface area (Å²) in [4.78, 5) is 21.1. The Labute approximate surface area is 146 Å². The number of para-hydroxylation sites is 1. The molecular weight excluding hydrogens is 312 g/mol. The van der Waals surface area contributed by atoms with E-state index in [-0.39, 0.29) is 17.9 Å². The minimum Gasteiger partial charge on any atom is -0.346 e. The van der Waals surface area contributed by atoms with Gasteiger partial charge in [0, 0.05) is 36.4 Å². The number of imidazole rings is 1. The summed E-state index contributed by atoms with van der Waals surface area (Å²) in [6.45, 7) is 1.98. The molecule has 1 saturated carbocycles. The molecule has 0 radical (unpaired) electrons. The second-order valence-corrected chi connectivity index (χ2v) is 6.45. The molecule has 5 heteroatoms. The van der Waals surface area contributed by atoms with Crippen LogP contribution in [0.4, 0.5) is 0 Å². The van der Waals surface area contributed by atoms with Crippen molar-refractivity contribution in [1.82, 2.24) is 19.9 Å². The number of carbonyl (C=O) groups excluding carboxylic acids is 1. The lowest BCUT2D eigenvalue weighted by Gasteiger charge is -2.16. The fraction of sp³-hybridized carbons (Fsp3) is 0.250. The summed E-state index contributed by atoms with van der Waals surface area (Å²) in [6, 6.07) is 13.9. The SMILES string of the molecule is CC(NC(=O)[C@@H]1C[C@H]1c1ccncc1)c1nccn1-c1ccccc1. The zero-order valence-corrected chi connectivity index (χ0v) is 14.0. The Morgan fingerprint density at radius 1 is 1.16 bits per heavy atom. The van der Waals surface area contributed by atoms with E-state index in [0.29, 0.717) is 5.92 Å². The third-order valence-corrected chi connectivity index (χ3v) is 4.71. The molecule has 0 spiro atoms. The monoisotopic (exact) mass is 332 g/mol. The zero-order chi connectivity index (χ0) is 17.2. The van der Waals surface area contributed by atoms with Gasteiger partial charge in [-0.1, -0.05) is 18.2 Å². The fourth-order valence-corrected chi connectivity index (χ4v) is 3.29. The standard InChI is InChI=1S/C20H20N4O/c1-14(19-22-11-12-24(19)16-5-3-2-4-6-16)23-20(25)18-13-17(18)15-7-9-21-10-8-15/h2-12,14,17-18H,13H2,1H3,(H,23,25)/t14?,17-,18+/m0/s1. The van der Waals surface area contributed by atoms with Crippen molar-refractivity contribution in [3.05, 3.63) is 78.6 Å². The minimum atomic E-state index is -0.151. The fourth-order valence-electron chi connectivity index (χ4n) is 3.29. The average Bonchev–Trinajstić information content (AvgIpc) is 3.31. The number of rotatable bonds is 5. The Bertz CT molecular complexity index is 860. The second-order valence-electron chi connectivity index (χ2n) is 6.45. The predicted molar refractivity (Wildman–Crippen MR) is 95.2 cm³/mol. The highest BCUT2D eigenvalue weighted by atomic mass is 16.2. The molecule has 3 aromatic rings. The Hall–Kier alpha value is -2.95. The number of hydrogen-bond acceptors (Lipinski definition) is 3. The lowest BCUT2D eigenvalue weighted by atomic mass is 10.1. The maximum Gasteiger partial charge on any atom is 0.224 e. The number of amides is 1. The normalized spacial score (nSPS) is 20.0. The summed E-state index contributed by atoms with van der Waals surface area (Å²) < 4.78 is 2.01. The smallest absolute Gasteiger partial charge is 0.224 e. The van der Waals surface area contributed by atoms with E-state index >= 15 is 0 Å². The first-order valence-corrected chi connectivity index (χ1v) is 8.53. The van der Waals surface area contributed by atoms with Gasteiger partial charge in [-0.2, -0.15) is 0 Å². The van der Waals surface area contributed by atoms with Crippen molar-refractivity contribution in [2.24, 2.45) is 5.92 Å². The topological polar surface area (TPSA) is 59.8 Å². The van der Waals surface area contributed by atoms with Crippen molar-refractivity contribution in [1.29, 1.82) is 0 Å². The van der Waals surface area contributed by atoms with Crippen molar-refractivity contribution in [2.45, 2.75) is 25.3 Å². The molecule has 126 valence electrons.